The number of rotatable bonds is 9. The second kappa shape index (κ2) is 9.61. The Balaban J connectivity index is 1.61. The van der Waals surface area contributed by atoms with Gasteiger partial charge in [0, 0.05) is 36.5 Å². The van der Waals surface area contributed by atoms with Crippen LogP contribution in [-0.4, -0.2) is 23.9 Å². The standard InChI is InChI=1S/C27H32NO3/c1-4-24-25(30-2)16-22(17-26(24)31-3)27(29)23(18-28-11-7-8-12-28)15-19-13-20-9-5-6-10-21(20)14-19/h5-7,9-12,16-17,19,23,27,29H,4,13-15,18H2,1-3H3/t23-,27-/m1/s1. The van der Waals surface area contributed by atoms with E-state index in [2.05, 4.69) is 41.8 Å². The zero-order valence-corrected chi connectivity index (χ0v) is 18.7. The summed E-state index contributed by atoms with van der Waals surface area (Å²) in [7, 11) is 3.35. The van der Waals surface area contributed by atoms with E-state index in [1.54, 1.807) is 14.2 Å². The normalized spacial score (nSPS) is 15.5. The maximum Gasteiger partial charge on any atom is 0.126 e. The van der Waals surface area contributed by atoms with E-state index in [1.807, 2.05) is 30.6 Å². The molecule has 0 bridgehead atoms. The highest BCUT2D eigenvalue weighted by molar-refractivity contribution is 5.49. The molecule has 1 radical (unpaired) electrons. The predicted molar refractivity (Wildman–Crippen MR) is 123 cm³/mol. The number of fused-ring (bicyclic) bond motifs is 1. The Morgan fingerprint density at radius 3 is 2.26 bits per heavy atom. The minimum atomic E-state index is -0.611. The zero-order valence-electron chi connectivity index (χ0n) is 18.7. The van der Waals surface area contributed by atoms with Gasteiger partial charge < -0.3 is 19.1 Å². The second-order valence-corrected chi connectivity index (χ2v) is 8.55. The summed E-state index contributed by atoms with van der Waals surface area (Å²) in [5.41, 5.74) is 4.78. The molecule has 3 aromatic rings. The van der Waals surface area contributed by atoms with E-state index >= 15 is 0 Å². The van der Waals surface area contributed by atoms with Gasteiger partial charge in [-0.1, -0.05) is 31.2 Å². The molecule has 31 heavy (non-hydrogen) atoms. The van der Waals surface area contributed by atoms with Crippen LogP contribution in [0.2, 0.25) is 0 Å². The first kappa shape index (κ1) is 21.5. The van der Waals surface area contributed by atoms with E-state index in [-0.39, 0.29) is 5.92 Å². The van der Waals surface area contributed by atoms with Crippen LogP contribution in [0.5, 0.6) is 11.5 Å². The van der Waals surface area contributed by atoms with E-state index in [0.29, 0.717) is 5.92 Å². The monoisotopic (exact) mass is 418 g/mol. The fraction of sp³-hybridized carbons (Fsp3) is 0.407. The van der Waals surface area contributed by atoms with Gasteiger partial charge in [-0.05, 0) is 66.5 Å². The van der Waals surface area contributed by atoms with Gasteiger partial charge in [0.2, 0.25) is 0 Å². The van der Waals surface area contributed by atoms with E-state index in [9.17, 15) is 5.11 Å². The number of benzene rings is 2. The fourth-order valence-electron chi connectivity index (χ4n) is 5.05. The number of aliphatic hydroxyl groups excluding tert-OH is 1. The third-order valence-electron chi connectivity index (χ3n) is 6.59. The first-order valence-corrected chi connectivity index (χ1v) is 11.1. The largest absolute Gasteiger partial charge is 0.496 e. The van der Waals surface area contributed by atoms with Crippen molar-refractivity contribution in [1.29, 1.82) is 0 Å². The Morgan fingerprint density at radius 1 is 1.10 bits per heavy atom. The third kappa shape index (κ3) is 4.64. The molecule has 0 spiro atoms. The lowest BCUT2D eigenvalue weighted by molar-refractivity contribution is 0.0815. The number of methoxy groups -OCH3 is 2. The molecule has 1 heterocycles. The topological polar surface area (TPSA) is 43.6 Å². The van der Waals surface area contributed by atoms with Crippen molar-refractivity contribution < 1.29 is 14.6 Å². The van der Waals surface area contributed by atoms with Crippen LogP contribution in [-0.2, 0) is 25.8 Å². The van der Waals surface area contributed by atoms with Gasteiger partial charge in [-0.2, -0.15) is 0 Å². The van der Waals surface area contributed by atoms with Crippen LogP contribution < -0.4 is 9.47 Å². The summed E-state index contributed by atoms with van der Waals surface area (Å²) in [6, 6.07) is 17.7. The maximum atomic E-state index is 11.5. The number of ether oxygens (including phenoxy) is 2. The van der Waals surface area contributed by atoms with Crippen LogP contribution in [0.15, 0.2) is 54.9 Å². The smallest absolute Gasteiger partial charge is 0.126 e. The molecule has 163 valence electrons. The van der Waals surface area contributed by atoms with Crippen molar-refractivity contribution in [3.63, 3.8) is 0 Å². The molecule has 4 nitrogen and oxygen atoms in total. The summed E-state index contributed by atoms with van der Waals surface area (Å²) < 4.78 is 13.4. The van der Waals surface area contributed by atoms with Crippen LogP contribution in [0.3, 0.4) is 0 Å². The van der Waals surface area contributed by atoms with Crippen molar-refractivity contribution in [1.82, 2.24) is 4.57 Å². The lowest BCUT2D eigenvalue weighted by Gasteiger charge is -2.27. The molecule has 0 aliphatic heterocycles. The molecular formula is C27H32NO3. The molecule has 1 aliphatic rings. The van der Waals surface area contributed by atoms with E-state index < -0.39 is 6.10 Å². The van der Waals surface area contributed by atoms with Crippen molar-refractivity contribution in [3.05, 3.63) is 83.2 Å². The molecule has 0 unspecified atom stereocenters. The highest BCUT2D eigenvalue weighted by Gasteiger charge is 2.30. The number of nitrogens with zero attached hydrogens (tertiary/aromatic N) is 1. The molecule has 4 rings (SSSR count). The summed E-state index contributed by atoms with van der Waals surface area (Å²) in [5, 5.41) is 11.5. The van der Waals surface area contributed by atoms with Crippen LogP contribution in [0.4, 0.5) is 0 Å². The van der Waals surface area contributed by atoms with Gasteiger partial charge in [-0.25, -0.2) is 0 Å². The Morgan fingerprint density at radius 2 is 1.74 bits per heavy atom. The maximum absolute atomic E-state index is 11.5. The number of aliphatic hydroxyl groups is 1. The first-order chi connectivity index (χ1) is 15.1. The van der Waals surface area contributed by atoms with Crippen LogP contribution in [0.1, 0.15) is 41.7 Å². The average Bonchev–Trinajstić information content (AvgIpc) is 3.46. The number of hydrogen-bond donors (Lipinski definition) is 1. The molecule has 1 N–H and O–H groups in total. The first-order valence-electron chi connectivity index (χ1n) is 11.1. The molecule has 1 aliphatic carbocycles. The van der Waals surface area contributed by atoms with Gasteiger partial charge in [0.25, 0.3) is 0 Å². The Labute approximate surface area is 185 Å². The lowest BCUT2D eigenvalue weighted by Crippen LogP contribution is -2.22. The van der Waals surface area contributed by atoms with E-state index in [1.165, 1.54) is 11.1 Å². The summed E-state index contributed by atoms with van der Waals surface area (Å²) in [4.78, 5) is 0. The highest BCUT2D eigenvalue weighted by atomic mass is 16.5. The molecule has 2 atom stereocenters. The van der Waals surface area contributed by atoms with Crippen molar-refractivity contribution in [2.45, 2.75) is 45.3 Å². The molecule has 0 amide bonds. The van der Waals surface area contributed by atoms with Gasteiger partial charge >= 0.3 is 0 Å². The Hall–Kier alpha value is -2.72. The van der Waals surface area contributed by atoms with Gasteiger partial charge in [-0.3, -0.25) is 0 Å². The number of hydrogen-bond acceptors (Lipinski definition) is 3. The van der Waals surface area contributed by atoms with Crippen LogP contribution in [0.25, 0.3) is 0 Å². The molecular weight excluding hydrogens is 386 g/mol. The van der Waals surface area contributed by atoms with Gasteiger partial charge in [0.05, 0.1) is 20.3 Å². The van der Waals surface area contributed by atoms with Crippen molar-refractivity contribution in [2.24, 2.45) is 11.8 Å². The quantitative estimate of drug-likeness (QED) is 0.530. The van der Waals surface area contributed by atoms with E-state index in [4.69, 9.17) is 9.47 Å². The Bertz CT molecular complexity index is 945. The molecule has 0 fully saturated rings. The molecule has 2 aromatic carbocycles. The van der Waals surface area contributed by atoms with Crippen molar-refractivity contribution in [2.75, 3.05) is 14.2 Å². The lowest BCUT2D eigenvalue weighted by atomic mass is 9.85. The molecule has 1 aromatic heterocycles. The van der Waals surface area contributed by atoms with Crippen LogP contribution in [0, 0.1) is 17.9 Å². The SMILES string of the molecule is CCc1c(OC)cc([C@@H](O)[C@H](CC2Cc3ccccc3C2)Cn2c[c]cc2)cc1OC. The summed E-state index contributed by atoms with van der Waals surface area (Å²) in [5.74, 6) is 2.16. The summed E-state index contributed by atoms with van der Waals surface area (Å²) in [6.45, 7) is 2.83. The summed E-state index contributed by atoms with van der Waals surface area (Å²) in [6.07, 6.45) is 7.28. The second-order valence-electron chi connectivity index (χ2n) is 8.55. The highest BCUT2D eigenvalue weighted by Crippen LogP contribution is 2.39. The molecule has 4 heteroatoms. The predicted octanol–water partition coefficient (Wildman–Crippen LogP) is 5.02. The third-order valence-corrected chi connectivity index (χ3v) is 6.59. The van der Waals surface area contributed by atoms with Crippen molar-refractivity contribution >= 4 is 0 Å². The fourth-order valence-corrected chi connectivity index (χ4v) is 5.05. The molecule has 0 saturated heterocycles. The van der Waals surface area contributed by atoms with Crippen LogP contribution >= 0.6 is 0 Å². The summed E-state index contributed by atoms with van der Waals surface area (Å²) >= 11 is 0. The van der Waals surface area contributed by atoms with Crippen molar-refractivity contribution in [3.8, 4) is 11.5 Å². The zero-order chi connectivity index (χ0) is 21.8. The van der Waals surface area contributed by atoms with Gasteiger partial charge in [0.1, 0.15) is 11.5 Å². The minimum absolute atomic E-state index is 0.0713. The average molecular weight is 419 g/mol. The minimum Gasteiger partial charge on any atom is -0.496 e. The van der Waals surface area contributed by atoms with Gasteiger partial charge in [0.15, 0.2) is 0 Å². The number of aromatic nitrogens is 1. The van der Waals surface area contributed by atoms with Gasteiger partial charge in [-0.15, -0.1) is 0 Å². The van der Waals surface area contributed by atoms with E-state index in [0.717, 1.165) is 54.9 Å². The Kier molecular flexibility index (Phi) is 6.67. The molecule has 0 saturated carbocycles.